The average molecular weight is 432 g/mol. The SMILES string of the molecule is CCCCCOc1ccc([C@@H]2C(C#N)=C(N)Oc3c2c(=O)oc2ccccc32)cc1OC. The predicted octanol–water partition coefficient (Wildman–Crippen LogP) is 4.59. The average Bonchev–Trinajstić information content (AvgIpc) is 2.81. The van der Waals surface area contributed by atoms with Gasteiger partial charge in [0.25, 0.3) is 0 Å². The fraction of sp³-hybridized carbons (Fsp3) is 0.280. The van der Waals surface area contributed by atoms with Gasteiger partial charge in [0.15, 0.2) is 17.2 Å². The first-order valence-corrected chi connectivity index (χ1v) is 10.5. The van der Waals surface area contributed by atoms with Crippen LogP contribution in [0.2, 0.25) is 0 Å². The molecule has 7 nitrogen and oxygen atoms in total. The number of ether oxygens (including phenoxy) is 3. The Morgan fingerprint density at radius 3 is 2.72 bits per heavy atom. The lowest BCUT2D eigenvalue weighted by Crippen LogP contribution is -2.26. The molecule has 4 rings (SSSR count). The monoisotopic (exact) mass is 432 g/mol. The van der Waals surface area contributed by atoms with Crippen LogP contribution < -0.4 is 25.6 Å². The zero-order valence-corrected chi connectivity index (χ0v) is 18.0. The zero-order chi connectivity index (χ0) is 22.7. The molecule has 0 spiro atoms. The van der Waals surface area contributed by atoms with Gasteiger partial charge in [-0.15, -0.1) is 0 Å². The molecule has 0 unspecified atom stereocenters. The van der Waals surface area contributed by atoms with Gasteiger partial charge in [0.1, 0.15) is 17.2 Å². The fourth-order valence-corrected chi connectivity index (χ4v) is 3.92. The number of benzene rings is 2. The Labute approximate surface area is 185 Å². The zero-order valence-electron chi connectivity index (χ0n) is 18.0. The second-order valence-corrected chi connectivity index (χ2v) is 7.52. The topological polar surface area (TPSA) is 108 Å². The number of rotatable bonds is 7. The molecule has 32 heavy (non-hydrogen) atoms. The van der Waals surface area contributed by atoms with Gasteiger partial charge in [-0.3, -0.25) is 0 Å². The van der Waals surface area contributed by atoms with E-state index in [0.29, 0.717) is 40.4 Å². The molecule has 2 aromatic carbocycles. The van der Waals surface area contributed by atoms with Crippen molar-refractivity contribution in [3.8, 4) is 23.3 Å². The molecule has 0 fully saturated rings. The van der Waals surface area contributed by atoms with Crippen LogP contribution in [0.5, 0.6) is 17.2 Å². The van der Waals surface area contributed by atoms with E-state index in [1.807, 2.05) is 6.07 Å². The van der Waals surface area contributed by atoms with Crippen molar-refractivity contribution in [3.63, 3.8) is 0 Å². The number of para-hydroxylation sites is 1. The number of hydrogen-bond acceptors (Lipinski definition) is 7. The third kappa shape index (κ3) is 3.76. The highest BCUT2D eigenvalue weighted by atomic mass is 16.5. The molecule has 0 saturated heterocycles. The molecule has 164 valence electrons. The van der Waals surface area contributed by atoms with Gasteiger partial charge in [-0.1, -0.05) is 38.0 Å². The maximum atomic E-state index is 13.0. The minimum absolute atomic E-state index is 0.0420. The molecular formula is C25H24N2O5. The molecule has 2 N–H and O–H groups in total. The van der Waals surface area contributed by atoms with Crippen molar-refractivity contribution in [1.29, 1.82) is 5.26 Å². The number of fused-ring (bicyclic) bond motifs is 3. The molecule has 1 atom stereocenters. The Bertz CT molecular complexity index is 1290. The quantitative estimate of drug-likeness (QED) is 0.430. The first-order valence-electron chi connectivity index (χ1n) is 10.5. The van der Waals surface area contributed by atoms with Crippen LogP contribution in [0.1, 0.15) is 43.2 Å². The Hall–Kier alpha value is -3.92. The molecule has 0 saturated carbocycles. The van der Waals surface area contributed by atoms with Crippen molar-refractivity contribution in [2.75, 3.05) is 13.7 Å². The number of hydrogen-bond donors (Lipinski definition) is 1. The van der Waals surface area contributed by atoms with Gasteiger partial charge < -0.3 is 24.4 Å². The smallest absolute Gasteiger partial charge is 0.344 e. The van der Waals surface area contributed by atoms with E-state index in [4.69, 9.17) is 24.4 Å². The van der Waals surface area contributed by atoms with Gasteiger partial charge in [0.05, 0.1) is 30.6 Å². The van der Waals surface area contributed by atoms with Gasteiger partial charge in [-0.05, 0) is 36.2 Å². The predicted molar refractivity (Wildman–Crippen MR) is 120 cm³/mol. The van der Waals surface area contributed by atoms with Crippen molar-refractivity contribution >= 4 is 11.0 Å². The van der Waals surface area contributed by atoms with E-state index < -0.39 is 11.5 Å². The molecular weight excluding hydrogens is 408 g/mol. The van der Waals surface area contributed by atoms with E-state index in [2.05, 4.69) is 13.0 Å². The largest absolute Gasteiger partial charge is 0.493 e. The van der Waals surface area contributed by atoms with Crippen molar-refractivity contribution in [1.82, 2.24) is 0 Å². The minimum atomic E-state index is -0.757. The molecule has 0 amide bonds. The van der Waals surface area contributed by atoms with Crippen LogP contribution in [0.3, 0.4) is 0 Å². The van der Waals surface area contributed by atoms with Crippen molar-refractivity contribution in [3.05, 3.63) is 75.5 Å². The summed E-state index contributed by atoms with van der Waals surface area (Å²) in [4.78, 5) is 13.0. The van der Waals surface area contributed by atoms with E-state index >= 15 is 0 Å². The summed E-state index contributed by atoms with van der Waals surface area (Å²) in [6, 6.07) is 14.5. The van der Waals surface area contributed by atoms with Gasteiger partial charge in [0.2, 0.25) is 5.88 Å². The molecule has 2 heterocycles. The Morgan fingerprint density at radius 2 is 1.97 bits per heavy atom. The van der Waals surface area contributed by atoms with Crippen molar-refractivity contribution in [2.45, 2.75) is 32.1 Å². The molecule has 7 heteroatoms. The van der Waals surface area contributed by atoms with E-state index in [1.165, 1.54) is 0 Å². The lowest BCUT2D eigenvalue weighted by atomic mass is 9.83. The third-order valence-electron chi connectivity index (χ3n) is 5.50. The van der Waals surface area contributed by atoms with Gasteiger partial charge in [0, 0.05) is 0 Å². The summed E-state index contributed by atoms with van der Waals surface area (Å²) < 4.78 is 22.7. The number of nitrogens with zero attached hydrogens (tertiary/aromatic N) is 1. The standard InChI is InChI=1S/C25H24N2O5/c1-3-4-7-12-30-19-11-10-15(13-20(19)29-2)21-17(14-26)24(27)32-23-16-8-5-6-9-18(16)31-25(28)22(21)23/h5-6,8-11,13,21H,3-4,7,12,27H2,1-2H3/t21-/m1/s1. The van der Waals surface area contributed by atoms with Gasteiger partial charge >= 0.3 is 5.63 Å². The molecule has 0 bridgehead atoms. The lowest BCUT2D eigenvalue weighted by Gasteiger charge is -2.26. The van der Waals surface area contributed by atoms with Crippen LogP contribution in [0.25, 0.3) is 11.0 Å². The number of nitrogens with two attached hydrogens (primary N) is 1. The summed E-state index contributed by atoms with van der Waals surface area (Å²) in [5.74, 6) is 0.609. The second-order valence-electron chi connectivity index (χ2n) is 7.52. The summed E-state index contributed by atoms with van der Waals surface area (Å²) in [7, 11) is 1.55. The highest BCUT2D eigenvalue weighted by Gasteiger charge is 2.35. The number of allylic oxidation sites excluding steroid dienone is 1. The fourth-order valence-electron chi connectivity index (χ4n) is 3.92. The van der Waals surface area contributed by atoms with E-state index in [1.54, 1.807) is 43.5 Å². The van der Waals surface area contributed by atoms with Crippen LogP contribution in [-0.4, -0.2) is 13.7 Å². The number of unbranched alkanes of at least 4 members (excludes halogenated alkanes) is 2. The highest BCUT2D eigenvalue weighted by molar-refractivity contribution is 5.86. The normalized spacial score (nSPS) is 15.1. The highest BCUT2D eigenvalue weighted by Crippen LogP contribution is 2.45. The summed E-state index contributed by atoms with van der Waals surface area (Å²) in [5.41, 5.74) is 6.93. The van der Waals surface area contributed by atoms with Crippen molar-refractivity contribution < 1.29 is 18.6 Å². The summed E-state index contributed by atoms with van der Waals surface area (Å²) >= 11 is 0. The van der Waals surface area contributed by atoms with E-state index in [0.717, 1.165) is 19.3 Å². The maximum Gasteiger partial charge on any atom is 0.344 e. The first kappa shape index (κ1) is 21.3. The minimum Gasteiger partial charge on any atom is -0.493 e. The molecule has 3 aromatic rings. The first-order chi connectivity index (χ1) is 15.6. The van der Waals surface area contributed by atoms with E-state index in [9.17, 15) is 10.1 Å². The van der Waals surface area contributed by atoms with Crippen LogP contribution in [0.4, 0.5) is 0 Å². The van der Waals surface area contributed by atoms with Crippen LogP contribution in [-0.2, 0) is 0 Å². The summed E-state index contributed by atoms with van der Waals surface area (Å²) in [6.45, 7) is 2.71. The van der Waals surface area contributed by atoms with Crippen LogP contribution in [0.15, 0.2) is 63.1 Å². The molecule has 0 radical (unpaired) electrons. The molecule has 0 aliphatic carbocycles. The lowest BCUT2D eigenvalue weighted by molar-refractivity contribution is 0.286. The van der Waals surface area contributed by atoms with Crippen molar-refractivity contribution in [2.24, 2.45) is 5.73 Å². The molecule has 1 aliphatic rings. The Kier molecular flexibility index (Phi) is 6.04. The van der Waals surface area contributed by atoms with Crippen LogP contribution in [0, 0.1) is 11.3 Å². The summed E-state index contributed by atoms with van der Waals surface area (Å²) in [6.07, 6.45) is 3.13. The van der Waals surface area contributed by atoms with Gasteiger partial charge in [-0.2, -0.15) is 5.26 Å². The molecule has 1 aromatic heterocycles. The van der Waals surface area contributed by atoms with Gasteiger partial charge in [-0.25, -0.2) is 4.79 Å². The summed E-state index contributed by atoms with van der Waals surface area (Å²) in [5, 5.41) is 10.4. The maximum absolute atomic E-state index is 13.0. The Balaban J connectivity index is 1.84. The molecule has 1 aliphatic heterocycles. The number of methoxy groups -OCH3 is 1. The Morgan fingerprint density at radius 1 is 1.16 bits per heavy atom. The third-order valence-corrected chi connectivity index (χ3v) is 5.50. The second kappa shape index (κ2) is 9.06. The van der Waals surface area contributed by atoms with E-state index in [-0.39, 0.29) is 17.0 Å². The number of nitriles is 1. The van der Waals surface area contributed by atoms with Crippen LogP contribution >= 0.6 is 0 Å².